The van der Waals surface area contributed by atoms with Gasteiger partial charge in [-0.1, -0.05) is 0 Å². The molecule has 0 unspecified atom stereocenters. The van der Waals surface area contributed by atoms with E-state index in [4.69, 9.17) is 0 Å². The molecule has 0 spiro atoms. The third-order valence-corrected chi connectivity index (χ3v) is 69.7. The average Bonchev–Trinajstić information content (AvgIpc) is 2.48. The van der Waals surface area contributed by atoms with Crippen LogP contribution in [0, 0.1) is 0 Å². The Morgan fingerprint density at radius 3 is 0.677 bits per heavy atom. The molecule has 3 saturated heterocycles. The zero-order valence-corrected chi connectivity index (χ0v) is 30.8. The summed E-state index contributed by atoms with van der Waals surface area (Å²) >= 11 is -0.654. The minimum absolute atomic E-state index is 0.654. The van der Waals surface area contributed by atoms with E-state index in [0.29, 0.717) is 0 Å². The monoisotopic (exact) mass is 565 g/mol. The van der Waals surface area contributed by atoms with Gasteiger partial charge < -0.3 is 0 Å². The van der Waals surface area contributed by atoms with Gasteiger partial charge in [-0.3, -0.25) is 0 Å². The van der Waals surface area contributed by atoms with E-state index in [1.807, 2.05) is 0 Å². The van der Waals surface area contributed by atoms with Crippen molar-refractivity contribution in [2.24, 2.45) is 0 Å². The van der Waals surface area contributed by atoms with Crippen molar-refractivity contribution in [3.05, 3.63) is 0 Å². The van der Waals surface area contributed by atoms with Crippen LogP contribution in [0.3, 0.4) is 0 Å². The zero-order valence-electron chi connectivity index (χ0n) is 23.5. The van der Waals surface area contributed by atoms with E-state index < -0.39 is 62.6 Å². The van der Waals surface area contributed by atoms with Crippen LogP contribution in [0.4, 0.5) is 0 Å². The summed E-state index contributed by atoms with van der Waals surface area (Å²) in [5.74, 6) is 0. The molecular formula is C24H57CrSi6. The summed E-state index contributed by atoms with van der Waals surface area (Å²) in [5.41, 5.74) is 0. The molecule has 3 heterocycles. The molecule has 31 heavy (non-hydrogen) atoms. The van der Waals surface area contributed by atoms with Crippen LogP contribution in [0.2, 0.25) is 127 Å². The van der Waals surface area contributed by atoms with Crippen molar-refractivity contribution in [1.82, 2.24) is 0 Å². The predicted molar refractivity (Wildman–Crippen MR) is 159 cm³/mol. The van der Waals surface area contributed by atoms with Gasteiger partial charge >= 0.3 is 209 Å². The van der Waals surface area contributed by atoms with E-state index in [1.165, 1.54) is 12.1 Å². The van der Waals surface area contributed by atoms with Gasteiger partial charge in [-0.05, 0) is 0 Å². The second-order valence-corrected chi connectivity index (χ2v) is 55.7. The Bertz CT molecular complexity index is 531. The Morgan fingerprint density at radius 2 is 0.516 bits per heavy atom. The van der Waals surface area contributed by atoms with Crippen LogP contribution in [-0.2, 0) is 14.1 Å². The van der Waals surface area contributed by atoms with Gasteiger partial charge in [-0.25, -0.2) is 0 Å². The van der Waals surface area contributed by atoms with Crippen LogP contribution in [0.15, 0.2) is 0 Å². The Labute approximate surface area is 207 Å². The Morgan fingerprint density at radius 1 is 0.355 bits per heavy atom. The molecule has 0 aromatic carbocycles. The Hall–Kier alpha value is 1.83. The van der Waals surface area contributed by atoms with Crippen LogP contribution in [-0.4, -0.2) is 48.4 Å². The molecule has 0 saturated carbocycles. The molecule has 183 valence electrons. The molecule has 0 bridgehead atoms. The van der Waals surface area contributed by atoms with Crippen molar-refractivity contribution in [1.29, 1.82) is 0 Å². The van der Waals surface area contributed by atoms with Gasteiger partial charge in [0.25, 0.3) is 0 Å². The van der Waals surface area contributed by atoms with Crippen LogP contribution in [0.25, 0.3) is 0 Å². The summed E-state index contributed by atoms with van der Waals surface area (Å²) in [4.78, 5) is 0. The normalized spacial score (nSPS) is 32.8. The summed E-state index contributed by atoms with van der Waals surface area (Å²) in [6, 6.07) is 10.1. The second-order valence-electron chi connectivity index (χ2n) is 16.0. The first-order valence-electron chi connectivity index (χ1n) is 13.6. The van der Waals surface area contributed by atoms with E-state index >= 15 is 0 Å². The van der Waals surface area contributed by atoms with Crippen molar-refractivity contribution < 1.29 is 14.1 Å². The molecular weight excluding hydrogens is 509 g/mol. The third kappa shape index (κ3) is 5.20. The molecule has 0 aromatic rings. The van der Waals surface area contributed by atoms with E-state index in [-0.39, 0.29) is 0 Å². The van der Waals surface area contributed by atoms with E-state index in [1.54, 1.807) is 55.5 Å². The molecule has 0 atom stereocenters. The van der Waals surface area contributed by atoms with Crippen LogP contribution in [0.1, 0.15) is 19.3 Å². The van der Waals surface area contributed by atoms with Gasteiger partial charge in [-0.2, -0.15) is 0 Å². The van der Waals surface area contributed by atoms with Gasteiger partial charge in [0.05, 0.1) is 0 Å². The quantitative estimate of drug-likeness (QED) is 0.299. The topological polar surface area (TPSA) is 0 Å². The molecule has 0 aromatic heterocycles. The number of hydrogen-bond donors (Lipinski definition) is 0. The molecule has 0 aliphatic carbocycles. The van der Waals surface area contributed by atoms with Crippen LogP contribution in [0.5, 0.6) is 0 Å². The van der Waals surface area contributed by atoms with Crippen molar-refractivity contribution >= 4 is 48.4 Å². The fourth-order valence-electron chi connectivity index (χ4n) is 9.58. The van der Waals surface area contributed by atoms with E-state index in [2.05, 4.69) is 78.6 Å². The van der Waals surface area contributed by atoms with Crippen molar-refractivity contribution in [3.63, 3.8) is 0 Å². The summed E-state index contributed by atoms with van der Waals surface area (Å²) in [7, 11) is -6.78. The summed E-state index contributed by atoms with van der Waals surface area (Å²) in [6.07, 6.45) is 4.81. The molecule has 3 rings (SSSR count). The van der Waals surface area contributed by atoms with E-state index in [9.17, 15) is 0 Å². The molecule has 3 fully saturated rings. The van der Waals surface area contributed by atoms with Gasteiger partial charge in [-0.15, -0.1) is 0 Å². The molecule has 7 heteroatoms. The SMILES string of the molecule is C[Si]1(C)CCC[Si](C)(C)[CH]1[Cr]([CH]1[Si](C)(C)CCC[Si]1(C)C)[CH]1[Si](C)(C)CCC[Si]1(C)C. The molecule has 0 nitrogen and oxygen atoms in total. The Balaban J connectivity index is 2.28. The fourth-order valence-corrected chi connectivity index (χ4v) is 89.9. The van der Waals surface area contributed by atoms with E-state index in [0.717, 1.165) is 0 Å². The van der Waals surface area contributed by atoms with Crippen molar-refractivity contribution in [3.8, 4) is 0 Å². The maximum absolute atomic E-state index is 2.92. The van der Waals surface area contributed by atoms with Gasteiger partial charge in [0.1, 0.15) is 0 Å². The molecule has 3 aliphatic heterocycles. The van der Waals surface area contributed by atoms with Crippen LogP contribution < -0.4 is 0 Å². The second kappa shape index (κ2) is 8.74. The first-order valence-corrected chi connectivity index (χ1v) is 35.5. The first kappa shape index (κ1) is 27.4. The minimum atomic E-state index is -1.13. The maximum atomic E-state index is 2.92. The molecule has 0 amide bonds. The third-order valence-electron chi connectivity index (χ3n) is 10.0. The molecule has 3 aliphatic rings. The van der Waals surface area contributed by atoms with Gasteiger partial charge in [0, 0.05) is 0 Å². The van der Waals surface area contributed by atoms with Crippen molar-refractivity contribution in [2.45, 2.75) is 146 Å². The van der Waals surface area contributed by atoms with Gasteiger partial charge in [0.2, 0.25) is 0 Å². The summed E-state index contributed by atoms with van der Waals surface area (Å²) < 4.78 is 4.03. The fraction of sp³-hybridized carbons (Fsp3) is 1.00. The standard InChI is InChI=1S/3C8H19Si2.Cr/c3*1-9(2)6-5-7-10(3,4)8-9;/h3*8H,5-7H2,1-4H3;. The van der Waals surface area contributed by atoms with Crippen molar-refractivity contribution in [2.75, 3.05) is 0 Å². The zero-order chi connectivity index (χ0) is 23.7. The predicted octanol–water partition coefficient (Wildman–Crippen LogP) is 9.67. The molecule has 0 radical (unpaired) electrons. The summed E-state index contributed by atoms with van der Waals surface area (Å²) in [5, 5.41) is 0. The number of rotatable bonds is 3. The van der Waals surface area contributed by atoms with Gasteiger partial charge in [0.15, 0.2) is 0 Å². The Kier molecular flexibility index (Phi) is 7.73. The average molecular weight is 566 g/mol. The number of hydrogen-bond acceptors (Lipinski definition) is 0. The van der Waals surface area contributed by atoms with Crippen LogP contribution >= 0.6 is 0 Å². The molecule has 0 N–H and O–H groups in total. The first-order chi connectivity index (χ1) is 13.9. The summed E-state index contributed by atoms with van der Waals surface area (Å²) in [6.45, 7) is 35.0.